The molecule has 2 aromatic rings. The van der Waals surface area contributed by atoms with E-state index in [1.165, 1.54) is 0 Å². The molecule has 0 aliphatic carbocycles. The minimum atomic E-state index is 0.126. The van der Waals surface area contributed by atoms with Crippen molar-refractivity contribution in [2.24, 2.45) is 0 Å². The Morgan fingerprint density at radius 1 is 1.44 bits per heavy atom. The van der Waals surface area contributed by atoms with Crippen LogP contribution in [0, 0.1) is 0 Å². The minimum Gasteiger partial charge on any atom is -0.507 e. The third-order valence-electron chi connectivity index (χ3n) is 2.13. The summed E-state index contributed by atoms with van der Waals surface area (Å²) in [6.45, 7) is 2.05. The summed E-state index contributed by atoms with van der Waals surface area (Å²) >= 11 is 3.27. The van der Waals surface area contributed by atoms with E-state index in [2.05, 4.69) is 26.1 Å². The number of nitrogens with zero attached hydrogens (tertiary/aromatic N) is 2. The van der Waals surface area contributed by atoms with Crippen LogP contribution in [0.4, 0.5) is 0 Å². The molecule has 4 nitrogen and oxygen atoms in total. The average molecular weight is 283 g/mol. The van der Waals surface area contributed by atoms with Gasteiger partial charge in [0.1, 0.15) is 5.75 Å². The van der Waals surface area contributed by atoms with E-state index in [-0.39, 0.29) is 5.75 Å². The molecule has 1 aromatic carbocycles. The molecule has 0 saturated carbocycles. The number of aromatic nitrogens is 2. The molecule has 0 radical (unpaired) electrons. The zero-order valence-electron chi connectivity index (χ0n) is 8.77. The molecule has 0 bridgehead atoms. The molecule has 1 aromatic heterocycles. The van der Waals surface area contributed by atoms with Gasteiger partial charge in [-0.25, -0.2) is 0 Å². The second-order valence-electron chi connectivity index (χ2n) is 3.43. The van der Waals surface area contributed by atoms with Crippen molar-refractivity contribution in [1.82, 2.24) is 10.1 Å². The number of hydrogen-bond acceptors (Lipinski definition) is 4. The van der Waals surface area contributed by atoms with E-state index in [1.54, 1.807) is 12.1 Å². The van der Waals surface area contributed by atoms with E-state index in [4.69, 9.17) is 4.52 Å². The van der Waals surface area contributed by atoms with E-state index in [1.807, 2.05) is 13.0 Å². The van der Waals surface area contributed by atoms with E-state index in [0.29, 0.717) is 17.3 Å². The van der Waals surface area contributed by atoms with Crippen LogP contribution in [0.2, 0.25) is 0 Å². The summed E-state index contributed by atoms with van der Waals surface area (Å²) in [4.78, 5) is 4.21. The van der Waals surface area contributed by atoms with Gasteiger partial charge in [0, 0.05) is 10.9 Å². The summed E-state index contributed by atoms with van der Waals surface area (Å²) in [5.41, 5.74) is 0.554. The van der Waals surface area contributed by atoms with Crippen molar-refractivity contribution in [2.75, 3.05) is 0 Å². The van der Waals surface area contributed by atoms with Gasteiger partial charge in [0.05, 0.1) is 5.56 Å². The first-order valence-electron chi connectivity index (χ1n) is 5.02. The number of phenols is 1. The zero-order chi connectivity index (χ0) is 11.5. The fourth-order valence-corrected chi connectivity index (χ4v) is 1.72. The first kappa shape index (κ1) is 11.1. The summed E-state index contributed by atoms with van der Waals surface area (Å²) in [5, 5.41) is 13.6. The third kappa shape index (κ3) is 2.24. The van der Waals surface area contributed by atoms with Crippen LogP contribution >= 0.6 is 15.9 Å². The summed E-state index contributed by atoms with van der Waals surface area (Å²) in [6.07, 6.45) is 1.74. The highest BCUT2D eigenvalue weighted by Gasteiger charge is 2.12. The van der Waals surface area contributed by atoms with Crippen molar-refractivity contribution >= 4 is 15.9 Å². The lowest BCUT2D eigenvalue weighted by Gasteiger charge is -1.98. The largest absolute Gasteiger partial charge is 0.507 e. The van der Waals surface area contributed by atoms with Gasteiger partial charge in [0.25, 0.3) is 5.89 Å². The summed E-state index contributed by atoms with van der Waals surface area (Å²) in [7, 11) is 0. The molecule has 0 aliphatic rings. The van der Waals surface area contributed by atoms with Gasteiger partial charge >= 0.3 is 0 Å². The Balaban J connectivity index is 2.35. The second kappa shape index (κ2) is 4.65. The highest BCUT2D eigenvalue weighted by atomic mass is 79.9. The Bertz CT molecular complexity index is 496. The zero-order valence-corrected chi connectivity index (χ0v) is 10.4. The van der Waals surface area contributed by atoms with Gasteiger partial charge in [-0.2, -0.15) is 4.98 Å². The Hall–Kier alpha value is -1.36. The highest BCUT2D eigenvalue weighted by Crippen LogP contribution is 2.30. The predicted molar refractivity (Wildman–Crippen MR) is 63.1 cm³/mol. The maximum atomic E-state index is 9.73. The van der Waals surface area contributed by atoms with Gasteiger partial charge in [-0.05, 0) is 24.6 Å². The molecule has 5 heteroatoms. The van der Waals surface area contributed by atoms with Crippen LogP contribution in [0.5, 0.6) is 5.75 Å². The number of phenolic OH excluding ortho intramolecular Hbond substituents is 1. The average Bonchev–Trinajstić information content (AvgIpc) is 2.67. The molecule has 16 heavy (non-hydrogen) atoms. The quantitative estimate of drug-likeness (QED) is 0.940. The van der Waals surface area contributed by atoms with Crippen LogP contribution in [0.25, 0.3) is 11.5 Å². The van der Waals surface area contributed by atoms with E-state index < -0.39 is 0 Å². The van der Waals surface area contributed by atoms with Crippen molar-refractivity contribution in [3.05, 3.63) is 28.5 Å². The number of aryl methyl sites for hydroxylation is 1. The van der Waals surface area contributed by atoms with E-state index in [0.717, 1.165) is 17.3 Å². The fourth-order valence-electron chi connectivity index (χ4n) is 1.37. The molecule has 0 atom stereocenters. The Labute approximate surface area is 101 Å². The SMILES string of the molecule is CCCc1noc(-c2ccc(Br)cc2O)n1. The van der Waals surface area contributed by atoms with Crippen molar-refractivity contribution in [2.45, 2.75) is 19.8 Å². The second-order valence-corrected chi connectivity index (χ2v) is 4.34. The molecule has 1 heterocycles. The summed E-state index contributed by atoms with van der Waals surface area (Å²) in [5.74, 6) is 1.15. The Morgan fingerprint density at radius 3 is 2.94 bits per heavy atom. The molecule has 84 valence electrons. The number of rotatable bonds is 3. The van der Waals surface area contributed by atoms with Gasteiger partial charge in [-0.1, -0.05) is 28.0 Å². The molecule has 1 N–H and O–H groups in total. The van der Waals surface area contributed by atoms with Crippen LogP contribution in [-0.4, -0.2) is 15.2 Å². The predicted octanol–water partition coefficient (Wildman–Crippen LogP) is 3.16. The topological polar surface area (TPSA) is 59.2 Å². The van der Waals surface area contributed by atoms with Crippen LogP contribution in [0.3, 0.4) is 0 Å². The van der Waals surface area contributed by atoms with Crippen molar-refractivity contribution in [3.8, 4) is 17.2 Å². The Kier molecular flexibility index (Phi) is 3.24. The molecule has 2 rings (SSSR count). The molecular weight excluding hydrogens is 272 g/mol. The van der Waals surface area contributed by atoms with Gasteiger partial charge in [0.2, 0.25) is 0 Å². The van der Waals surface area contributed by atoms with Crippen LogP contribution in [0.15, 0.2) is 27.2 Å². The first-order chi connectivity index (χ1) is 7.70. The normalized spacial score (nSPS) is 10.6. The molecule has 0 unspecified atom stereocenters. The maximum Gasteiger partial charge on any atom is 0.261 e. The fraction of sp³-hybridized carbons (Fsp3) is 0.273. The summed E-state index contributed by atoms with van der Waals surface area (Å²) < 4.78 is 5.89. The minimum absolute atomic E-state index is 0.126. The monoisotopic (exact) mass is 282 g/mol. The lowest BCUT2D eigenvalue weighted by Crippen LogP contribution is -1.85. The van der Waals surface area contributed by atoms with Crippen molar-refractivity contribution in [3.63, 3.8) is 0 Å². The van der Waals surface area contributed by atoms with Crippen LogP contribution in [-0.2, 0) is 6.42 Å². The van der Waals surface area contributed by atoms with Crippen LogP contribution < -0.4 is 0 Å². The lowest BCUT2D eigenvalue weighted by atomic mass is 10.2. The molecular formula is C11H11BrN2O2. The van der Waals surface area contributed by atoms with Gasteiger partial charge < -0.3 is 9.63 Å². The highest BCUT2D eigenvalue weighted by molar-refractivity contribution is 9.10. The molecule has 0 spiro atoms. The number of hydrogen-bond donors (Lipinski definition) is 1. The molecule has 0 aliphatic heterocycles. The first-order valence-corrected chi connectivity index (χ1v) is 5.81. The van der Waals surface area contributed by atoms with E-state index >= 15 is 0 Å². The number of aromatic hydroxyl groups is 1. The maximum absolute atomic E-state index is 9.73. The van der Waals surface area contributed by atoms with Gasteiger partial charge in [-0.3, -0.25) is 0 Å². The Morgan fingerprint density at radius 2 is 2.25 bits per heavy atom. The summed E-state index contributed by atoms with van der Waals surface area (Å²) in [6, 6.07) is 5.15. The number of benzene rings is 1. The van der Waals surface area contributed by atoms with Crippen molar-refractivity contribution < 1.29 is 9.63 Å². The van der Waals surface area contributed by atoms with E-state index in [9.17, 15) is 5.11 Å². The van der Waals surface area contributed by atoms with Gasteiger partial charge in [0.15, 0.2) is 5.82 Å². The smallest absolute Gasteiger partial charge is 0.261 e. The molecule has 0 amide bonds. The third-order valence-corrected chi connectivity index (χ3v) is 2.63. The molecule has 0 saturated heterocycles. The number of halogens is 1. The van der Waals surface area contributed by atoms with Crippen LogP contribution in [0.1, 0.15) is 19.2 Å². The lowest BCUT2D eigenvalue weighted by molar-refractivity contribution is 0.417. The van der Waals surface area contributed by atoms with Crippen molar-refractivity contribution in [1.29, 1.82) is 0 Å². The molecule has 0 fully saturated rings. The standard InChI is InChI=1S/C11H11BrN2O2/c1-2-3-10-13-11(16-14-10)8-5-4-7(12)6-9(8)15/h4-6,15H,2-3H2,1H3. The van der Waals surface area contributed by atoms with Gasteiger partial charge in [-0.15, -0.1) is 0 Å².